The van der Waals surface area contributed by atoms with Crippen molar-refractivity contribution in [3.8, 4) is 0 Å². The molecular weight excluding hydrogens is 406 g/mol. The number of benzene rings is 2. The smallest absolute Gasteiger partial charge is 0.355 e. The van der Waals surface area contributed by atoms with Crippen LogP contribution in [0.15, 0.2) is 54.6 Å². The van der Waals surface area contributed by atoms with Gasteiger partial charge in [-0.05, 0) is 50.1 Å². The highest BCUT2D eigenvalue weighted by Gasteiger charge is 2.27. The molecule has 2 N–H and O–H groups in total. The van der Waals surface area contributed by atoms with Crippen LogP contribution in [0.25, 0.3) is 0 Å². The van der Waals surface area contributed by atoms with Crippen molar-refractivity contribution in [3.05, 3.63) is 82.7 Å². The lowest BCUT2D eigenvalue weighted by molar-refractivity contribution is -0.114. The Morgan fingerprint density at radius 1 is 0.938 bits per heavy atom. The SMILES string of the molecule is CCOC(=O)c1c(C)c(C(=O)Nc2cccc(NC(C)=O)c2)c(C)n1Cc1ccccc1. The van der Waals surface area contributed by atoms with Crippen LogP contribution in [0.1, 0.15) is 51.5 Å². The quantitative estimate of drug-likeness (QED) is 0.535. The fourth-order valence-electron chi connectivity index (χ4n) is 3.73. The van der Waals surface area contributed by atoms with E-state index >= 15 is 0 Å². The number of ether oxygens (including phenoxy) is 1. The number of hydrogen-bond acceptors (Lipinski definition) is 4. The summed E-state index contributed by atoms with van der Waals surface area (Å²) in [6.45, 7) is 7.42. The zero-order chi connectivity index (χ0) is 23.3. The number of nitrogens with one attached hydrogen (secondary N) is 2. The number of rotatable bonds is 7. The van der Waals surface area contributed by atoms with Gasteiger partial charge >= 0.3 is 5.97 Å². The first-order valence-electron chi connectivity index (χ1n) is 10.4. The molecule has 0 aliphatic rings. The number of hydrogen-bond donors (Lipinski definition) is 2. The van der Waals surface area contributed by atoms with Crippen LogP contribution < -0.4 is 10.6 Å². The van der Waals surface area contributed by atoms with Crippen molar-refractivity contribution in [3.63, 3.8) is 0 Å². The summed E-state index contributed by atoms with van der Waals surface area (Å²) in [5.41, 5.74) is 4.15. The number of carbonyl (C=O) groups is 3. The highest BCUT2D eigenvalue weighted by atomic mass is 16.5. The van der Waals surface area contributed by atoms with Crippen molar-refractivity contribution >= 4 is 29.2 Å². The lowest BCUT2D eigenvalue weighted by Gasteiger charge is -2.12. The van der Waals surface area contributed by atoms with E-state index in [9.17, 15) is 14.4 Å². The minimum atomic E-state index is -0.462. The average molecular weight is 434 g/mol. The Morgan fingerprint density at radius 2 is 1.59 bits per heavy atom. The van der Waals surface area contributed by atoms with Gasteiger partial charge < -0.3 is 19.9 Å². The summed E-state index contributed by atoms with van der Waals surface area (Å²) < 4.78 is 7.10. The summed E-state index contributed by atoms with van der Waals surface area (Å²) in [5.74, 6) is -0.995. The maximum Gasteiger partial charge on any atom is 0.355 e. The summed E-state index contributed by atoms with van der Waals surface area (Å²) in [7, 11) is 0. The molecule has 0 bridgehead atoms. The third-order valence-electron chi connectivity index (χ3n) is 5.09. The van der Waals surface area contributed by atoms with E-state index in [1.807, 2.05) is 41.8 Å². The Morgan fingerprint density at radius 3 is 2.22 bits per heavy atom. The van der Waals surface area contributed by atoms with E-state index in [1.54, 1.807) is 38.1 Å². The second-order valence-electron chi connectivity index (χ2n) is 7.44. The van der Waals surface area contributed by atoms with Crippen LogP contribution in [-0.4, -0.2) is 29.0 Å². The van der Waals surface area contributed by atoms with Gasteiger partial charge in [-0.15, -0.1) is 0 Å². The van der Waals surface area contributed by atoms with Gasteiger partial charge in [-0.25, -0.2) is 4.79 Å². The van der Waals surface area contributed by atoms with Crippen LogP contribution >= 0.6 is 0 Å². The molecular formula is C25H27N3O4. The molecule has 0 unspecified atom stereocenters. The van der Waals surface area contributed by atoms with Crippen LogP contribution in [0.5, 0.6) is 0 Å². The second-order valence-corrected chi connectivity index (χ2v) is 7.44. The molecule has 0 aliphatic carbocycles. The molecule has 0 saturated carbocycles. The third kappa shape index (κ3) is 5.06. The number of aromatic nitrogens is 1. The number of amides is 2. The standard InChI is InChI=1S/C25H27N3O4/c1-5-32-25(31)23-16(2)22(17(3)28(23)15-19-10-7-6-8-11-19)24(30)27-21-13-9-12-20(14-21)26-18(4)29/h6-14H,5,15H2,1-4H3,(H,26,29)(H,27,30). The summed E-state index contributed by atoms with van der Waals surface area (Å²) in [6, 6.07) is 16.6. The van der Waals surface area contributed by atoms with Crippen molar-refractivity contribution in [1.29, 1.82) is 0 Å². The first kappa shape index (κ1) is 22.8. The molecule has 1 heterocycles. The lowest BCUT2D eigenvalue weighted by Crippen LogP contribution is -2.15. The van der Waals surface area contributed by atoms with Crippen LogP contribution in [0.4, 0.5) is 11.4 Å². The van der Waals surface area contributed by atoms with Crippen molar-refractivity contribution in [2.45, 2.75) is 34.2 Å². The molecule has 0 saturated heterocycles. The highest BCUT2D eigenvalue weighted by Crippen LogP contribution is 2.26. The maximum atomic E-state index is 13.2. The van der Waals surface area contributed by atoms with Gasteiger partial charge in [-0.2, -0.15) is 0 Å². The first-order chi connectivity index (χ1) is 15.3. The Bertz CT molecular complexity index is 1150. The van der Waals surface area contributed by atoms with Gasteiger partial charge in [0.05, 0.1) is 12.2 Å². The van der Waals surface area contributed by atoms with Crippen molar-refractivity contribution in [2.75, 3.05) is 17.2 Å². The third-order valence-corrected chi connectivity index (χ3v) is 5.09. The van der Waals surface area contributed by atoms with Crippen molar-refractivity contribution < 1.29 is 19.1 Å². The van der Waals surface area contributed by atoms with E-state index in [1.165, 1.54) is 6.92 Å². The summed E-state index contributed by atoms with van der Waals surface area (Å²) in [6.07, 6.45) is 0. The van der Waals surface area contributed by atoms with E-state index in [-0.39, 0.29) is 18.4 Å². The van der Waals surface area contributed by atoms with Crippen molar-refractivity contribution in [1.82, 2.24) is 4.57 Å². The van der Waals surface area contributed by atoms with Crippen molar-refractivity contribution in [2.24, 2.45) is 0 Å². The molecule has 2 amide bonds. The minimum absolute atomic E-state index is 0.197. The van der Waals surface area contributed by atoms with Gasteiger partial charge in [0.25, 0.3) is 5.91 Å². The number of carbonyl (C=O) groups excluding carboxylic acids is 3. The number of anilines is 2. The van der Waals surface area contributed by atoms with E-state index in [2.05, 4.69) is 10.6 Å². The van der Waals surface area contributed by atoms with Crippen LogP contribution in [0, 0.1) is 13.8 Å². The Labute approximate surface area is 187 Å². The monoisotopic (exact) mass is 433 g/mol. The largest absolute Gasteiger partial charge is 0.461 e. The summed E-state index contributed by atoms with van der Waals surface area (Å²) in [4.78, 5) is 37.3. The summed E-state index contributed by atoms with van der Waals surface area (Å²) in [5, 5.41) is 5.57. The zero-order valence-corrected chi connectivity index (χ0v) is 18.7. The highest BCUT2D eigenvalue weighted by molar-refractivity contribution is 6.08. The Kier molecular flexibility index (Phi) is 7.10. The Balaban J connectivity index is 1.98. The van der Waals surface area contributed by atoms with Gasteiger partial charge in [0.2, 0.25) is 5.91 Å². The van der Waals surface area contributed by atoms with Gasteiger partial charge in [0.15, 0.2) is 0 Å². The predicted octanol–water partition coefficient (Wildman–Crippen LogP) is 4.54. The molecule has 32 heavy (non-hydrogen) atoms. The van der Waals surface area contributed by atoms with E-state index in [0.29, 0.717) is 40.4 Å². The van der Waals surface area contributed by atoms with Gasteiger partial charge in [0, 0.05) is 30.5 Å². The average Bonchev–Trinajstić information content (AvgIpc) is 2.98. The van der Waals surface area contributed by atoms with E-state index in [4.69, 9.17) is 4.74 Å². The number of esters is 1. The van der Waals surface area contributed by atoms with Gasteiger partial charge in [-0.3, -0.25) is 9.59 Å². The minimum Gasteiger partial charge on any atom is -0.461 e. The molecule has 0 spiro atoms. The molecule has 0 radical (unpaired) electrons. The summed E-state index contributed by atoms with van der Waals surface area (Å²) >= 11 is 0. The molecule has 0 atom stereocenters. The Hall–Kier alpha value is -3.87. The normalized spacial score (nSPS) is 10.5. The van der Waals surface area contributed by atoms with E-state index < -0.39 is 5.97 Å². The lowest BCUT2D eigenvalue weighted by atomic mass is 10.1. The van der Waals surface area contributed by atoms with Crippen LogP contribution in [0.2, 0.25) is 0 Å². The topological polar surface area (TPSA) is 89.4 Å². The first-order valence-corrected chi connectivity index (χ1v) is 10.4. The molecule has 166 valence electrons. The fraction of sp³-hybridized carbons (Fsp3) is 0.240. The predicted molar refractivity (Wildman–Crippen MR) is 124 cm³/mol. The maximum absolute atomic E-state index is 13.2. The van der Waals surface area contributed by atoms with Crippen LogP contribution in [0.3, 0.4) is 0 Å². The number of nitrogens with zero attached hydrogens (tertiary/aromatic N) is 1. The molecule has 3 rings (SSSR count). The van der Waals surface area contributed by atoms with E-state index in [0.717, 1.165) is 5.56 Å². The van der Waals surface area contributed by atoms with Crippen LogP contribution in [-0.2, 0) is 16.1 Å². The molecule has 0 fully saturated rings. The fourth-order valence-corrected chi connectivity index (χ4v) is 3.73. The van der Waals surface area contributed by atoms with Gasteiger partial charge in [0.1, 0.15) is 5.69 Å². The second kappa shape index (κ2) is 9.96. The van der Waals surface area contributed by atoms with Gasteiger partial charge in [-0.1, -0.05) is 36.4 Å². The molecule has 3 aromatic rings. The molecule has 0 aliphatic heterocycles. The molecule has 1 aromatic heterocycles. The molecule has 7 nitrogen and oxygen atoms in total. The molecule has 7 heteroatoms. The molecule has 2 aromatic carbocycles. The zero-order valence-electron chi connectivity index (χ0n) is 18.7.